The number of likely N-dealkylation sites (tertiary alicyclic amines) is 1. The van der Waals surface area contributed by atoms with Crippen LogP contribution in [0, 0.1) is 0 Å². The summed E-state index contributed by atoms with van der Waals surface area (Å²) in [6.45, 7) is 6.39. The van der Waals surface area contributed by atoms with Gasteiger partial charge in [-0.3, -0.25) is 4.79 Å². The third-order valence-electron chi connectivity index (χ3n) is 4.88. The number of nitrogens with zero attached hydrogens (tertiary/aromatic N) is 2. The second kappa shape index (κ2) is 9.04. The molecule has 2 saturated heterocycles. The number of benzene rings is 1. The van der Waals surface area contributed by atoms with Crippen LogP contribution in [0.25, 0.3) is 0 Å². The van der Waals surface area contributed by atoms with Crippen molar-refractivity contribution in [3.8, 4) is 0 Å². The molecule has 5 heteroatoms. The van der Waals surface area contributed by atoms with Crippen molar-refractivity contribution in [2.75, 3.05) is 56.2 Å². The number of amides is 1. The summed E-state index contributed by atoms with van der Waals surface area (Å²) >= 11 is 0. The van der Waals surface area contributed by atoms with E-state index in [1.807, 2.05) is 18.2 Å². The van der Waals surface area contributed by atoms with Crippen molar-refractivity contribution in [2.24, 2.45) is 0 Å². The van der Waals surface area contributed by atoms with E-state index in [0.29, 0.717) is 6.42 Å². The Hall–Kier alpha value is -1.59. The van der Waals surface area contributed by atoms with Crippen molar-refractivity contribution in [2.45, 2.75) is 32.1 Å². The Balaban J connectivity index is 1.54. The van der Waals surface area contributed by atoms with E-state index in [1.165, 1.54) is 25.7 Å². The van der Waals surface area contributed by atoms with Crippen LogP contribution >= 0.6 is 0 Å². The minimum atomic E-state index is 0.111. The van der Waals surface area contributed by atoms with E-state index >= 15 is 0 Å². The van der Waals surface area contributed by atoms with Crippen LogP contribution in [0.2, 0.25) is 0 Å². The van der Waals surface area contributed by atoms with Gasteiger partial charge in [0.15, 0.2) is 0 Å². The molecule has 1 aromatic rings. The summed E-state index contributed by atoms with van der Waals surface area (Å²) in [4.78, 5) is 17.1. The highest BCUT2D eigenvalue weighted by atomic mass is 16.5. The summed E-state index contributed by atoms with van der Waals surface area (Å²) in [7, 11) is 0. The summed E-state index contributed by atoms with van der Waals surface area (Å²) in [6, 6.07) is 8.08. The lowest BCUT2D eigenvalue weighted by atomic mass is 10.2. The van der Waals surface area contributed by atoms with Crippen LogP contribution in [-0.2, 0) is 9.53 Å². The third-order valence-corrected chi connectivity index (χ3v) is 4.88. The maximum atomic E-state index is 12.4. The Morgan fingerprint density at radius 1 is 1.00 bits per heavy atom. The number of morpholine rings is 1. The fourth-order valence-electron chi connectivity index (χ4n) is 3.49. The zero-order chi connectivity index (χ0) is 16.6. The van der Waals surface area contributed by atoms with Gasteiger partial charge in [-0.15, -0.1) is 0 Å². The molecule has 1 N–H and O–H groups in total. The van der Waals surface area contributed by atoms with Crippen molar-refractivity contribution in [1.29, 1.82) is 0 Å². The molecule has 0 spiro atoms. The number of para-hydroxylation sites is 2. The van der Waals surface area contributed by atoms with Gasteiger partial charge in [-0.25, -0.2) is 0 Å². The minimum absolute atomic E-state index is 0.111. The Morgan fingerprint density at radius 3 is 2.46 bits per heavy atom. The van der Waals surface area contributed by atoms with Crippen LogP contribution in [0.1, 0.15) is 32.1 Å². The smallest absolute Gasteiger partial charge is 0.225 e. The Bertz CT molecular complexity index is 521. The van der Waals surface area contributed by atoms with Crippen molar-refractivity contribution in [1.82, 2.24) is 4.90 Å². The number of hydrogen-bond acceptors (Lipinski definition) is 4. The molecule has 1 amide bonds. The van der Waals surface area contributed by atoms with E-state index in [0.717, 1.165) is 57.3 Å². The molecule has 0 aliphatic carbocycles. The van der Waals surface area contributed by atoms with Gasteiger partial charge >= 0.3 is 0 Å². The van der Waals surface area contributed by atoms with Crippen LogP contribution in [0.5, 0.6) is 0 Å². The van der Waals surface area contributed by atoms with Crippen molar-refractivity contribution < 1.29 is 9.53 Å². The Kier molecular flexibility index (Phi) is 6.49. The molecule has 5 nitrogen and oxygen atoms in total. The van der Waals surface area contributed by atoms with Gasteiger partial charge in [0.25, 0.3) is 0 Å². The first-order valence-corrected chi connectivity index (χ1v) is 9.27. The van der Waals surface area contributed by atoms with Crippen LogP contribution in [0.4, 0.5) is 11.4 Å². The second-order valence-electron chi connectivity index (χ2n) is 6.67. The molecule has 0 saturated carbocycles. The van der Waals surface area contributed by atoms with Crippen molar-refractivity contribution in [3.63, 3.8) is 0 Å². The van der Waals surface area contributed by atoms with Crippen molar-refractivity contribution in [3.05, 3.63) is 24.3 Å². The molecule has 0 unspecified atom stereocenters. The standard InChI is InChI=1S/C19H29N3O2/c23-19(9-12-21-10-5-1-2-6-11-21)20-17-7-3-4-8-18(17)22-13-15-24-16-14-22/h3-4,7-8H,1-2,5-6,9-16H2,(H,20,23). The number of anilines is 2. The number of carbonyl (C=O) groups is 1. The van der Waals surface area contributed by atoms with E-state index in [9.17, 15) is 4.79 Å². The minimum Gasteiger partial charge on any atom is -0.378 e. The van der Waals surface area contributed by atoms with Gasteiger partial charge in [0.2, 0.25) is 5.91 Å². The highest BCUT2D eigenvalue weighted by Crippen LogP contribution is 2.26. The topological polar surface area (TPSA) is 44.8 Å². The molecule has 1 aromatic carbocycles. The fraction of sp³-hybridized carbons (Fsp3) is 0.632. The summed E-state index contributed by atoms with van der Waals surface area (Å²) in [5.41, 5.74) is 2.02. The molecule has 2 heterocycles. The molecule has 132 valence electrons. The van der Waals surface area contributed by atoms with Crippen LogP contribution < -0.4 is 10.2 Å². The molecule has 0 radical (unpaired) electrons. The van der Waals surface area contributed by atoms with E-state index in [2.05, 4.69) is 21.2 Å². The Morgan fingerprint density at radius 2 is 1.71 bits per heavy atom. The first-order valence-electron chi connectivity index (χ1n) is 9.27. The average Bonchev–Trinajstić information content (AvgIpc) is 2.90. The fourth-order valence-corrected chi connectivity index (χ4v) is 3.49. The summed E-state index contributed by atoms with van der Waals surface area (Å²) in [6.07, 6.45) is 5.76. The average molecular weight is 331 g/mol. The predicted molar refractivity (Wildman–Crippen MR) is 97.6 cm³/mol. The lowest BCUT2D eigenvalue weighted by Crippen LogP contribution is -2.36. The number of carbonyl (C=O) groups excluding carboxylic acids is 1. The zero-order valence-electron chi connectivity index (χ0n) is 14.5. The molecule has 3 rings (SSSR count). The molecule has 2 aliphatic heterocycles. The van der Waals surface area contributed by atoms with Gasteiger partial charge in [-0.2, -0.15) is 0 Å². The second-order valence-corrected chi connectivity index (χ2v) is 6.67. The number of hydrogen-bond donors (Lipinski definition) is 1. The lowest BCUT2D eigenvalue weighted by Gasteiger charge is -2.30. The van der Waals surface area contributed by atoms with Gasteiger partial charge in [0.1, 0.15) is 0 Å². The maximum absolute atomic E-state index is 12.4. The first-order chi connectivity index (χ1) is 11.8. The summed E-state index contributed by atoms with van der Waals surface area (Å²) in [5.74, 6) is 0.111. The van der Waals surface area contributed by atoms with E-state index in [1.54, 1.807) is 0 Å². The highest BCUT2D eigenvalue weighted by Gasteiger charge is 2.16. The summed E-state index contributed by atoms with van der Waals surface area (Å²) < 4.78 is 5.42. The largest absolute Gasteiger partial charge is 0.378 e. The molecule has 0 aromatic heterocycles. The van der Waals surface area contributed by atoms with Crippen LogP contribution in [0.15, 0.2) is 24.3 Å². The normalized spacial score (nSPS) is 19.8. The van der Waals surface area contributed by atoms with Crippen LogP contribution in [-0.4, -0.2) is 56.7 Å². The molecular formula is C19H29N3O2. The molecular weight excluding hydrogens is 302 g/mol. The third kappa shape index (κ3) is 4.95. The van der Waals surface area contributed by atoms with Gasteiger partial charge < -0.3 is 19.9 Å². The maximum Gasteiger partial charge on any atom is 0.225 e. The SMILES string of the molecule is O=C(CCN1CCCCCC1)Nc1ccccc1N1CCOCC1. The first kappa shape index (κ1) is 17.2. The molecule has 24 heavy (non-hydrogen) atoms. The van der Waals surface area contributed by atoms with E-state index in [4.69, 9.17) is 4.74 Å². The summed E-state index contributed by atoms with van der Waals surface area (Å²) in [5, 5.41) is 3.11. The predicted octanol–water partition coefficient (Wildman–Crippen LogP) is 2.73. The molecule has 0 atom stereocenters. The van der Waals surface area contributed by atoms with Crippen molar-refractivity contribution >= 4 is 17.3 Å². The highest BCUT2D eigenvalue weighted by molar-refractivity contribution is 5.94. The monoisotopic (exact) mass is 331 g/mol. The quantitative estimate of drug-likeness (QED) is 0.901. The van der Waals surface area contributed by atoms with Crippen LogP contribution in [0.3, 0.4) is 0 Å². The molecule has 2 aliphatic rings. The molecule has 2 fully saturated rings. The van der Waals surface area contributed by atoms with E-state index in [-0.39, 0.29) is 5.91 Å². The molecule has 0 bridgehead atoms. The Labute approximate surface area is 145 Å². The number of ether oxygens (including phenoxy) is 1. The number of rotatable bonds is 5. The lowest BCUT2D eigenvalue weighted by molar-refractivity contribution is -0.116. The van der Waals surface area contributed by atoms with Gasteiger partial charge in [-0.1, -0.05) is 25.0 Å². The number of nitrogens with one attached hydrogen (secondary N) is 1. The van der Waals surface area contributed by atoms with Gasteiger partial charge in [0, 0.05) is 26.1 Å². The van der Waals surface area contributed by atoms with E-state index < -0.39 is 0 Å². The zero-order valence-corrected chi connectivity index (χ0v) is 14.5. The van der Waals surface area contributed by atoms with Gasteiger partial charge in [0.05, 0.1) is 24.6 Å². The van der Waals surface area contributed by atoms with Gasteiger partial charge in [-0.05, 0) is 38.1 Å².